The van der Waals surface area contributed by atoms with Crippen LogP contribution < -0.4 is 4.74 Å². The summed E-state index contributed by atoms with van der Waals surface area (Å²) in [6.07, 6.45) is 5.20. The third-order valence-electron chi connectivity index (χ3n) is 3.68. The van der Waals surface area contributed by atoms with Gasteiger partial charge in [-0.1, -0.05) is 5.21 Å². The van der Waals surface area contributed by atoms with E-state index in [1.54, 1.807) is 17.1 Å². The van der Waals surface area contributed by atoms with Crippen LogP contribution in [0.25, 0.3) is 11.3 Å². The molecule has 2 aromatic heterocycles. The van der Waals surface area contributed by atoms with Gasteiger partial charge < -0.3 is 9.30 Å². The van der Waals surface area contributed by atoms with E-state index in [1.807, 2.05) is 10.8 Å². The number of halogens is 2. The first-order valence-corrected chi connectivity index (χ1v) is 7.45. The zero-order valence-corrected chi connectivity index (χ0v) is 13.6. The van der Waals surface area contributed by atoms with Gasteiger partial charge in [-0.05, 0) is 26.0 Å². The van der Waals surface area contributed by atoms with Gasteiger partial charge in [0, 0.05) is 24.0 Å². The quantitative estimate of drug-likeness (QED) is 0.720. The maximum Gasteiger partial charge on any atom is 0.191 e. The summed E-state index contributed by atoms with van der Waals surface area (Å²) in [7, 11) is 1.22. The number of nitrogens with zero attached hydrogens (tertiary/aromatic N) is 5. The molecule has 0 amide bonds. The van der Waals surface area contributed by atoms with Crippen LogP contribution in [0.15, 0.2) is 30.7 Å². The van der Waals surface area contributed by atoms with Crippen LogP contribution in [0.1, 0.15) is 25.7 Å². The Kier molecular flexibility index (Phi) is 4.28. The fourth-order valence-corrected chi connectivity index (χ4v) is 2.50. The predicted molar refractivity (Wildman–Crippen MR) is 83.6 cm³/mol. The molecule has 0 aliphatic heterocycles. The smallest absolute Gasteiger partial charge is 0.191 e. The highest BCUT2D eigenvalue weighted by Gasteiger charge is 2.18. The molecule has 8 heteroatoms. The first-order valence-electron chi connectivity index (χ1n) is 7.45. The molecule has 0 spiro atoms. The molecule has 0 saturated carbocycles. The number of methoxy groups -OCH3 is 1. The summed E-state index contributed by atoms with van der Waals surface area (Å²) in [5, 5.41) is 7.96. The summed E-state index contributed by atoms with van der Waals surface area (Å²) in [6.45, 7) is 4.51. The van der Waals surface area contributed by atoms with Gasteiger partial charge in [-0.3, -0.25) is 0 Å². The number of hydrogen-bond acceptors (Lipinski definition) is 4. The Balaban J connectivity index is 1.90. The number of ether oxygens (including phenoxy) is 1. The van der Waals surface area contributed by atoms with Crippen molar-refractivity contribution in [3.05, 3.63) is 48.2 Å². The third kappa shape index (κ3) is 2.86. The average Bonchev–Trinajstić information content (AvgIpc) is 3.18. The van der Waals surface area contributed by atoms with Crippen LogP contribution in [0.5, 0.6) is 5.75 Å². The van der Waals surface area contributed by atoms with E-state index >= 15 is 0 Å². The van der Waals surface area contributed by atoms with E-state index < -0.39 is 17.4 Å². The Labute approximate surface area is 137 Å². The zero-order valence-electron chi connectivity index (χ0n) is 13.6. The topological polar surface area (TPSA) is 57.8 Å². The molecule has 126 valence electrons. The number of rotatable bonds is 5. The number of hydrogen-bond donors (Lipinski definition) is 0. The zero-order chi connectivity index (χ0) is 17.3. The van der Waals surface area contributed by atoms with Crippen LogP contribution in [0.2, 0.25) is 0 Å². The molecule has 1 aromatic carbocycles. The summed E-state index contributed by atoms with van der Waals surface area (Å²) in [5.41, 5.74) is 0.431. The number of benzene rings is 1. The lowest BCUT2D eigenvalue weighted by atomic mass is 10.1. The molecule has 3 aromatic rings. The molecule has 0 saturated heterocycles. The lowest BCUT2D eigenvalue weighted by Gasteiger charge is -2.10. The summed E-state index contributed by atoms with van der Waals surface area (Å²) in [4.78, 5) is 4.30. The van der Waals surface area contributed by atoms with E-state index in [2.05, 4.69) is 29.1 Å². The Morgan fingerprint density at radius 2 is 2.04 bits per heavy atom. The second-order valence-corrected chi connectivity index (χ2v) is 5.59. The van der Waals surface area contributed by atoms with Gasteiger partial charge in [0.2, 0.25) is 0 Å². The average molecular weight is 333 g/mol. The standard InChI is InChI=1S/C16H17F2N5O/c1-10(2)23-7-6-19-14(23)9-22-8-13(20-21-22)11-4-5-12(17)16(24-3)15(11)18/h4-8,10H,9H2,1-3H3. The van der Waals surface area contributed by atoms with Gasteiger partial charge >= 0.3 is 0 Å². The van der Waals surface area contributed by atoms with Crippen molar-refractivity contribution < 1.29 is 13.5 Å². The Morgan fingerprint density at radius 1 is 1.25 bits per heavy atom. The molecule has 24 heavy (non-hydrogen) atoms. The minimum atomic E-state index is -0.798. The van der Waals surface area contributed by atoms with Crippen molar-refractivity contribution in [2.24, 2.45) is 0 Å². The highest BCUT2D eigenvalue weighted by Crippen LogP contribution is 2.30. The largest absolute Gasteiger partial charge is 0.491 e. The minimum absolute atomic E-state index is 0.131. The van der Waals surface area contributed by atoms with Crippen molar-refractivity contribution in [3.8, 4) is 17.0 Å². The highest BCUT2D eigenvalue weighted by atomic mass is 19.1. The Hall–Kier alpha value is -2.77. The second kappa shape index (κ2) is 6.38. The first kappa shape index (κ1) is 16.1. The van der Waals surface area contributed by atoms with Crippen molar-refractivity contribution in [2.45, 2.75) is 26.4 Å². The summed E-state index contributed by atoms with van der Waals surface area (Å²) < 4.78 is 36.2. The van der Waals surface area contributed by atoms with E-state index in [0.29, 0.717) is 12.2 Å². The van der Waals surface area contributed by atoms with Gasteiger partial charge in [0.15, 0.2) is 17.4 Å². The lowest BCUT2D eigenvalue weighted by Crippen LogP contribution is -2.10. The third-order valence-corrected chi connectivity index (χ3v) is 3.68. The van der Waals surface area contributed by atoms with E-state index in [9.17, 15) is 8.78 Å². The van der Waals surface area contributed by atoms with Crippen LogP contribution in [-0.2, 0) is 6.54 Å². The van der Waals surface area contributed by atoms with Gasteiger partial charge in [0.05, 0.1) is 13.3 Å². The molecule has 0 fully saturated rings. The molecule has 0 atom stereocenters. The first-order chi connectivity index (χ1) is 11.5. The van der Waals surface area contributed by atoms with Gasteiger partial charge in [-0.25, -0.2) is 18.4 Å². The molecule has 6 nitrogen and oxygen atoms in total. The van der Waals surface area contributed by atoms with E-state index in [-0.39, 0.29) is 11.6 Å². The van der Waals surface area contributed by atoms with Crippen LogP contribution in [-0.4, -0.2) is 31.7 Å². The second-order valence-electron chi connectivity index (χ2n) is 5.59. The van der Waals surface area contributed by atoms with Crippen molar-refractivity contribution in [1.29, 1.82) is 0 Å². The summed E-state index contributed by atoms with van der Waals surface area (Å²) >= 11 is 0. The van der Waals surface area contributed by atoms with E-state index in [1.165, 1.54) is 13.2 Å². The lowest BCUT2D eigenvalue weighted by molar-refractivity contribution is 0.360. The fraction of sp³-hybridized carbons (Fsp3) is 0.312. The summed E-state index contributed by atoms with van der Waals surface area (Å²) in [6, 6.07) is 2.72. The monoisotopic (exact) mass is 333 g/mol. The molecule has 0 unspecified atom stereocenters. The van der Waals surface area contributed by atoms with Gasteiger partial charge in [-0.2, -0.15) is 0 Å². The van der Waals surface area contributed by atoms with E-state index in [0.717, 1.165) is 11.9 Å². The molecule has 0 aliphatic carbocycles. The number of imidazole rings is 1. The van der Waals surface area contributed by atoms with Crippen molar-refractivity contribution in [2.75, 3.05) is 7.11 Å². The highest BCUT2D eigenvalue weighted by molar-refractivity contribution is 5.61. The van der Waals surface area contributed by atoms with Gasteiger partial charge in [0.25, 0.3) is 0 Å². The molecule has 0 bridgehead atoms. The normalized spacial score (nSPS) is 11.2. The van der Waals surface area contributed by atoms with Crippen LogP contribution in [0.4, 0.5) is 8.78 Å². The number of aromatic nitrogens is 5. The predicted octanol–water partition coefficient (Wildman–Crippen LogP) is 3.06. The molecule has 0 aliphatic rings. The molecular formula is C16H17F2N5O. The maximum atomic E-state index is 14.3. The maximum absolute atomic E-state index is 14.3. The Bertz CT molecular complexity index is 856. The van der Waals surface area contributed by atoms with Crippen LogP contribution in [0.3, 0.4) is 0 Å². The van der Waals surface area contributed by atoms with Crippen LogP contribution in [0, 0.1) is 11.6 Å². The van der Waals surface area contributed by atoms with Crippen LogP contribution >= 0.6 is 0 Å². The molecule has 0 N–H and O–H groups in total. The van der Waals surface area contributed by atoms with E-state index in [4.69, 9.17) is 4.74 Å². The van der Waals surface area contributed by atoms with Gasteiger partial charge in [-0.15, -0.1) is 5.10 Å². The summed E-state index contributed by atoms with van der Waals surface area (Å²) in [5.74, 6) is -1.17. The van der Waals surface area contributed by atoms with Crippen molar-refractivity contribution in [3.63, 3.8) is 0 Å². The fourth-order valence-electron chi connectivity index (χ4n) is 2.50. The van der Waals surface area contributed by atoms with Crippen molar-refractivity contribution in [1.82, 2.24) is 24.5 Å². The Morgan fingerprint density at radius 3 is 2.75 bits per heavy atom. The van der Waals surface area contributed by atoms with Crippen molar-refractivity contribution >= 4 is 0 Å². The minimum Gasteiger partial charge on any atom is -0.491 e. The molecular weight excluding hydrogens is 316 g/mol. The molecule has 0 radical (unpaired) electrons. The molecule has 3 rings (SSSR count). The SMILES string of the molecule is COc1c(F)ccc(-c2cn(Cc3nccn3C(C)C)nn2)c1F. The molecule has 2 heterocycles. The van der Waals surface area contributed by atoms with Gasteiger partial charge in [0.1, 0.15) is 18.1 Å².